The summed E-state index contributed by atoms with van der Waals surface area (Å²) in [5.74, 6) is 0. The molecular weight excluding hydrogens is 744 g/mol. The molecule has 0 spiro atoms. The Labute approximate surface area is 282 Å². The number of hydrogen-bond donors (Lipinski definition) is 0. The first-order chi connectivity index (χ1) is 22.1. The van der Waals surface area contributed by atoms with Crippen LogP contribution in [-0.2, 0) is 26.5 Å². The third-order valence-corrected chi connectivity index (χ3v) is 9.27. The van der Waals surface area contributed by atoms with Crippen LogP contribution in [0.2, 0.25) is 0 Å². The molecule has 2 aliphatic heterocycles. The van der Waals surface area contributed by atoms with Crippen molar-refractivity contribution >= 4 is 46.1 Å². The van der Waals surface area contributed by atoms with Gasteiger partial charge in [-0.3, -0.25) is 0 Å². The van der Waals surface area contributed by atoms with Crippen molar-refractivity contribution in [1.82, 2.24) is 9.15 Å². The summed E-state index contributed by atoms with van der Waals surface area (Å²) in [5.41, 5.74) is 12.7. The van der Waals surface area contributed by atoms with E-state index in [1.54, 1.807) is 0 Å². The zero-order chi connectivity index (χ0) is 30.1. The minimum absolute atomic E-state index is 0. The zero-order valence-corrected chi connectivity index (χ0v) is 27.6. The Hall–Kier alpha value is -5.23. The number of hydrogen-bond acceptors (Lipinski definition) is 0. The molecule has 0 saturated heterocycles. The average molecular weight is 772 g/mol. The van der Waals surface area contributed by atoms with Crippen LogP contribution in [0.1, 0.15) is 22.3 Å². The van der Waals surface area contributed by atoms with Crippen molar-refractivity contribution in [2.75, 3.05) is 14.1 Å². The summed E-state index contributed by atoms with van der Waals surface area (Å²) in [6, 6.07) is 62.2. The zero-order valence-electron chi connectivity index (χ0n) is 25.3. The molecule has 3 aliphatic rings. The van der Waals surface area contributed by atoms with Crippen molar-refractivity contribution < 1.29 is 30.2 Å². The summed E-state index contributed by atoms with van der Waals surface area (Å²) >= 11 is 0. The molecule has 218 valence electrons. The minimum Gasteiger partial charge on any atom is -0.166 e. The average Bonchev–Trinajstić information content (AvgIpc) is 3.73. The van der Waals surface area contributed by atoms with Gasteiger partial charge < -0.3 is 0 Å². The van der Waals surface area contributed by atoms with E-state index in [2.05, 4.69) is 167 Å². The van der Waals surface area contributed by atoms with Gasteiger partial charge in [0, 0.05) is 29.7 Å². The molecule has 4 nitrogen and oxygen atoms in total. The molecule has 0 radical (unpaired) electrons. The molecule has 0 fully saturated rings. The maximum atomic E-state index is 3.90. The van der Waals surface area contributed by atoms with Crippen LogP contribution in [0, 0.1) is 12.1 Å². The van der Waals surface area contributed by atoms with Crippen LogP contribution in [-0.4, -0.2) is 35.3 Å². The van der Waals surface area contributed by atoms with Crippen LogP contribution >= 0.6 is 0 Å². The van der Waals surface area contributed by atoms with Gasteiger partial charge in [-0.25, -0.2) is 0 Å². The number of nitrogens with zero attached hydrogens (tertiary/aromatic N) is 4. The minimum atomic E-state index is -0.643. The molecule has 0 unspecified atom stereocenters. The summed E-state index contributed by atoms with van der Waals surface area (Å²) in [7, 11) is 4.08. The van der Waals surface area contributed by atoms with E-state index >= 15 is 0 Å². The second-order valence-corrected chi connectivity index (χ2v) is 11.7. The van der Waals surface area contributed by atoms with Crippen LogP contribution in [0.5, 0.6) is 0 Å². The first kappa shape index (κ1) is 28.3. The smallest absolute Gasteiger partial charge is 0.166 e. The van der Waals surface area contributed by atoms with E-state index in [1.807, 2.05) is 23.2 Å². The van der Waals surface area contributed by atoms with E-state index in [1.165, 1.54) is 22.3 Å². The number of fused-ring (bicyclic) bond motifs is 5. The third kappa shape index (κ3) is 3.92. The van der Waals surface area contributed by atoms with Gasteiger partial charge in [-0.05, 0) is 22.3 Å². The van der Waals surface area contributed by atoms with Crippen LogP contribution in [0.3, 0.4) is 0 Å². The van der Waals surface area contributed by atoms with Gasteiger partial charge >= 0.3 is 33.1 Å². The van der Waals surface area contributed by atoms with E-state index < -0.39 is 5.41 Å². The molecule has 0 saturated carbocycles. The van der Waals surface area contributed by atoms with E-state index in [0.29, 0.717) is 0 Å². The van der Waals surface area contributed by atoms with Crippen molar-refractivity contribution in [2.24, 2.45) is 0 Å². The topological polar surface area (TPSA) is 12.0 Å². The monoisotopic (exact) mass is 771 g/mol. The Morgan fingerprint density at radius 2 is 0.848 bits per heavy atom. The Kier molecular flexibility index (Phi) is 6.57. The largest absolute Gasteiger partial charge is 2.00 e. The second-order valence-electron chi connectivity index (χ2n) is 11.7. The Morgan fingerprint density at radius 3 is 1.30 bits per heavy atom. The van der Waals surface area contributed by atoms with Gasteiger partial charge in [-0.15, -0.1) is 23.3 Å². The number of para-hydroxylation sites is 4. The molecular formula is C41H28N4Pt+4. The maximum absolute atomic E-state index is 3.90. The van der Waals surface area contributed by atoms with Crippen LogP contribution < -0.4 is 9.15 Å². The van der Waals surface area contributed by atoms with Gasteiger partial charge in [0.1, 0.15) is 11.4 Å². The Balaban J connectivity index is 0.00000312. The summed E-state index contributed by atoms with van der Waals surface area (Å²) < 4.78 is 8.31. The summed E-state index contributed by atoms with van der Waals surface area (Å²) in [6.07, 6.45) is 0. The van der Waals surface area contributed by atoms with Crippen LogP contribution in [0.25, 0.3) is 11.1 Å². The quantitative estimate of drug-likeness (QED) is 0.126. The normalized spacial score (nSPS) is 14.6. The molecule has 6 aromatic rings. The molecule has 1 aliphatic carbocycles. The van der Waals surface area contributed by atoms with E-state index in [0.717, 1.165) is 45.3 Å². The Morgan fingerprint density at radius 1 is 0.457 bits per heavy atom. The first-order valence-corrected chi connectivity index (χ1v) is 15.2. The van der Waals surface area contributed by atoms with Crippen molar-refractivity contribution in [2.45, 2.75) is 5.41 Å². The van der Waals surface area contributed by atoms with E-state index in [4.69, 9.17) is 0 Å². The second kappa shape index (κ2) is 10.7. The van der Waals surface area contributed by atoms with Gasteiger partial charge in [0.15, 0.2) is 14.1 Å². The predicted molar refractivity (Wildman–Crippen MR) is 179 cm³/mol. The number of benzene rings is 6. The fourth-order valence-corrected chi connectivity index (χ4v) is 7.33. The molecule has 6 aromatic carbocycles. The predicted octanol–water partition coefficient (Wildman–Crippen LogP) is 8.24. The van der Waals surface area contributed by atoms with Gasteiger partial charge in [0.05, 0.1) is 0 Å². The fourth-order valence-electron chi connectivity index (χ4n) is 7.33. The van der Waals surface area contributed by atoms with Crippen molar-refractivity contribution in [3.05, 3.63) is 168 Å². The van der Waals surface area contributed by atoms with Crippen molar-refractivity contribution in [1.29, 1.82) is 0 Å². The van der Waals surface area contributed by atoms with Crippen molar-refractivity contribution in [3.63, 3.8) is 0 Å². The van der Waals surface area contributed by atoms with Gasteiger partial charge in [0.2, 0.25) is 0 Å². The standard InChI is InChI=1S/C41H28N4.Pt/c1-42-27-44(39-23-9-7-21-37(39)42)31-15-11-13-29(25-31)41(35-19-5-3-17-33(35)34-18-4-6-20-36(34)41)30-14-12-16-32(26-30)45-28-43(2)38-22-8-10-24-40(38)45;/h3-24H,1-2H3;/q2*+2. The molecule has 0 N–H and O–H groups in total. The molecule has 46 heavy (non-hydrogen) atoms. The molecule has 0 atom stereocenters. The summed E-state index contributed by atoms with van der Waals surface area (Å²) in [5, 5.41) is 0. The van der Waals surface area contributed by atoms with E-state index in [9.17, 15) is 0 Å². The first-order valence-electron chi connectivity index (χ1n) is 15.2. The van der Waals surface area contributed by atoms with Gasteiger partial charge in [0.25, 0.3) is 22.7 Å². The molecule has 5 heteroatoms. The van der Waals surface area contributed by atoms with Gasteiger partial charge in [-0.1, -0.05) is 103 Å². The maximum Gasteiger partial charge on any atom is 2.00 e. The van der Waals surface area contributed by atoms with E-state index in [-0.39, 0.29) is 21.1 Å². The SMILES string of the molecule is C[N+]1=C=[N+](c2[c-]c(C3(c4[c-]c([N+]5=C=[N+](C)c6ccccc65)ccc4)c4ccccc4-c4ccccc43)ccc2)c2ccccc21.[Pt+2]. The summed E-state index contributed by atoms with van der Waals surface area (Å²) in [6.45, 7) is 0. The third-order valence-electron chi connectivity index (χ3n) is 9.27. The van der Waals surface area contributed by atoms with Crippen LogP contribution in [0.4, 0.5) is 34.1 Å². The fraction of sp³-hybridized carbons (Fsp3) is 0.0732. The molecule has 0 bridgehead atoms. The molecule has 9 rings (SSSR count). The van der Waals surface area contributed by atoms with Crippen molar-refractivity contribution in [3.8, 4) is 11.1 Å². The number of rotatable bonds is 4. The van der Waals surface area contributed by atoms with Crippen LogP contribution in [0.15, 0.2) is 133 Å². The van der Waals surface area contributed by atoms with Gasteiger partial charge in [-0.2, -0.15) is 24.3 Å². The molecule has 0 aromatic heterocycles. The molecule has 2 heterocycles. The molecule has 0 amide bonds. The summed E-state index contributed by atoms with van der Waals surface area (Å²) in [4.78, 5) is 0. The Bertz CT molecular complexity index is 2220.